The monoisotopic (exact) mass is 356 g/mol. The topological polar surface area (TPSA) is 61.2 Å². The fourth-order valence-corrected chi connectivity index (χ4v) is 3.94. The van der Waals surface area contributed by atoms with Gasteiger partial charge >= 0.3 is 0 Å². The molecular formula is C16H21ClN2O3S. The Morgan fingerprint density at radius 3 is 2.48 bits per heavy atom. The first kappa shape index (κ1) is 17.8. The Morgan fingerprint density at radius 2 is 1.91 bits per heavy atom. The molecule has 5 nitrogen and oxygen atoms in total. The van der Waals surface area contributed by atoms with E-state index < -0.39 is 10.0 Å². The van der Waals surface area contributed by atoms with Crippen molar-refractivity contribution in [2.75, 3.05) is 6.61 Å². The summed E-state index contributed by atoms with van der Waals surface area (Å²) in [6.07, 6.45) is 1.81. The molecule has 0 saturated heterocycles. The molecule has 0 fully saturated rings. The smallest absolute Gasteiger partial charge is 0.286 e. The van der Waals surface area contributed by atoms with Gasteiger partial charge in [-0.3, -0.25) is 0 Å². The average molecular weight is 357 g/mol. The highest BCUT2D eigenvalue weighted by Crippen LogP contribution is 2.32. The van der Waals surface area contributed by atoms with Crippen molar-refractivity contribution in [2.24, 2.45) is 0 Å². The Kier molecular flexibility index (Phi) is 5.37. The van der Waals surface area contributed by atoms with Crippen molar-refractivity contribution in [3.8, 4) is 5.75 Å². The largest absolute Gasteiger partial charge is 0.492 e. The van der Waals surface area contributed by atoms with E-state index in [9.17, 15) is 8.42 Å². The molecule has 1 aromatic carbocycles. The molecule has 23 heavy (non-hydrogen) atoms. The lowest BCUT2D eigenvalue weighted by Gasteiger charge is -2.14. The fraction of sp³-hybridized carbons (Fsp3) is 0.438. The number of nitrogens with zero attached hydrogens (tertiary/aromatic N) is 2. The second-order valence-corrected chi connectivity index (χ2v) is 7.67. The van der Waals surface area contributed by atoms with E-state index in [0.29, 0.717) is 28.8 Å². The molecule has 0 radical (unpaired) electrons. The van der Waals surface area contributed by atoms with Crippen LogP contribution in [0, 0.1) is 20.8 Å². The Morgan fingerprint density at radius 1 is 1.22 bits per heavy atom. The number of hydrogen-bond acceptors (Lipinski definition) is 4. The van der Waals surface area contributed by atoms with Crippen LogP contribution in [0.1, 0.15) is 36.7 Å². The molecule has 0 spiro atoms. The highest BCUT2D eigenvalue weighted by molar-refractivity contribution is 7.90. The maximum atomic E-state index is 12.9. The highest BCUT2D eigenvalue weighted by Gasteiger charge is 2.26. The molecule has 0 amide bonds. The van der Waals surface area contributed by atoms with Crippen LogP contribution in [-0.2, 0) is 10.0 Å². The number of aryl methyl sites for hydroxylation is 3. The first-order valence-corrected chi connectivity index (χ1v) is 9.31. The molecule has 0 saturated carbocycles. The molecule has 126 valence electrons. The zero-order chi connectivity index (χ0) is 17.2. The van der Waals surface area contributed by atoms with Gasteiger partial charge in [0.05, 0.1) is 18.0 Å². The second kappa shape index (κ2) is 6.93. The molecule has 0 aliphatic heterocycles. The lowest BCUT2D eigenvalue weighted by Crippen LogP contribution is -2.17. The van der Waals surface area contributed by atoms with Gasteiger partial charge in [-0.25, -0.2) is 0 Å². The van der Waals surface area contributed by atoms with Crippen molar-refractivity contribution in [2.45, 2.75) is 45.4 Å². The van der Waals surface area contributed by atoms with Crippen molar-refractivity contribution in [3.63, 3.8) is 0 Å². The van der Waals surface area contributed by atoms with Crippen LogP contribution in [-0.4, -0.2) is 24.2 Å². The minimum absolute atomic E-state index is 0.0374. The molecular weight excluding hydrogens is 336 g/mol. The van der Waals surface area contributed by atoms with Gasteiger partial charge < -0.3 is 4.74 Å². The summed E-state index contributed by atoms with van der Waals surface area (Å²) in [5.74, 6) is 0.313. The third-order valence-corrected chi connectivity index (χ3v) is 5.56. The van der Waals surface area contributed by atoms with E-state index in [2.05, 4.69) is 5.10 Å². The molecule has 2 rings (SSSR count). The van der Waals surface area contributed by atoms with Gasteiger partial charge in [-0.05, 0) is 51.0 Å². The zero-order valence-electron chi connectivity index (χ0n) is 13.8. The summed E-state index contributed by atoms with van der Waals surface area (Å²) in [6.45, 7) is 7.76. The number of ether oxygens (including phenoxy) is 1. The first-order valence-electron chi connectivity index (χ1n) is 7.49. The summed E-state index contributed by atoms with van der Waals surface area (Å²) >= 11 is 6.14. The van der Waals surface area contributed by atoms with Gasteiger partial charge in [-0.2, -0.15) is 17.6 Å². The van der Waals surface area contributed by atoms with Crippen LogP contribution in [0.4, 0.5) is 0 Å². The first-order chi connectivity index (χ1) is 10.8. The molecule has 1 heterocycles. The van der Waals surface area contributed by atoms with Crippen LogP contribution in [0.2, 0.25) is 5.02 Å². The Bertz CT molecular complexity index is 813. The summed E-state index contributed by atoms with van der Waals surface area (Å²) in [5.41, 5.74) is 1.95. The van der Waals surface area contributed by atoms with Crippen LogP contribution in [0.25, 0.3) is 0 Å². The molecule has 0 atom stereocenters. The predicted molar refractivity (Wildman–Crippen MR) is 90.9 cm³/mol. The van der Waals surface area contributed by atoms with Crippen molar-refractivity contribution in [1.29, 1.82) is 0 Å². The third-order valence-electron chi connectivity index (χ3n) is 3.45. The van der Waals surface area contributed by atoms with Crippen LogP contribution < -0.4 is 4.74 Å². The van der Waals surface area contributed by atoms with Gasteiger partial charge in [0.1, 0.15) is 10.6 Å². The van der Waals surface area contributed by atoms with E-state index in [1.807, 2.05) is 13.8 Å². The molecule has 0 N–H and O–H groups in total. The summed E-state index contributed by atoms with van der Waals surface area (Å²) in [4.78, 5) is 0.0374. The molecule has 0 unspecified atom stereocenters. The van der Waals surface area contributed by atoms with Crippen molar-refractivity contribution in [1.82, 2.24) is 9.19 Å². The van der Waals surface area contributed by atoms with E-state index in [1.165, 1.54) is 6.07 Å². The molecule has 0 aliphatic carbocycles. The Labute approximate surface area is 142 Å². The Balaban J connectivity index is 2.56. The number of halogens is 1. The van der Waals surface area contributed by atoms with Gasteiger partial charge in [0.25, 0.3) is 10.0 Å². The van der Waals surface area contributed by atoms with Crippen LogP contribution in [0.15, 0.2) is 23.1 Å². The van der Waals surface area contributed by atoms with Crippen LogP contribution in [0.3, 0.4) is 0 Å². The predicted octanol–water partition coefficient (Wildman–Crippen LogP) is 3.88. The van der Waals surface area contributed by atoms with Gasteiger partial charge in [-0.1, -0.05) is 24.9 Å². The maximum Gasteiger partial charge on any atom is 0.286 e. The van der Waals surface area contributed by atoms with Gasteiger partial charge in [0.15, 0.2) is 0 Å². The third kappa shape index (κ3) is 3.70. The van der Waals surface area contributed by atoms with Crippen LogP contribution >= 0.6 is 11.6 Å². The molecule has 2 aromatic rings. The molecule has 1 aromatic heterocycles. The van der Waals surface area contributed by atoms with Crippen molar-refractivity contribution < 1.29 is 13.2 Å². The highest BCUT2D eigenvalue weighted by atomic mass is 35.5. The van der Waals surface area contributed by atoms with Gasteiger partial charge in [0.2, 0.25) is 0 Å². The SMILES string of the molecule is CCCCOc1cc(C)c(Cl)cc1S(=O)(=O)n1nc(C)cc1C. The van der Waals surface area contributed by atoms with E-state index in [1.54, 1.807) is 26.0 Å². The van der Waals surface area contributed by atoms with Gasteiger partial charge in [-0.15, -0.1) is 0 Å². The number of unbranched alkanes of at least 4 members (excludes halogenated alkanes) is 1. The van der Waals surface area contributed by atoms with E-state index in [-0.39, 0.29) is 4.90 Å². The summed E-state index contributed by atoms with van der Waals surface area (Å²) in [6, 6.07) is 4.81. The zero-order valence-corrected chi connectivity index (χ0v) is 15.3. The lowest BCUT2D eigenvalue weighted by atomic mass is 10.2. The maximum absolute atomic E-state index is 12.9. The second-order valence-electron chi connectivity index (χ2n) is 5.53. The normalized spacial score (nSPS) is 11.7. The van der Waals surface area contributed by atoms with Crippen molar-refractivity contribution in [3.05, 3.63) is 40.2 Å². The van der Waals surface area contributed by atoms with E-state index >= 15 is 0 Å². The minimum atomic E-state index is -3.86. The number of rotatable bonds is 6. The summed E-state index contributed by atoms with van der Waals surface area (Å²) < 4.78 is 32.6. The molecule has 7 heteroatoms. The minimum Gasteiger partial charge on any atom is -0.492 e. The average Bonchev–Trinajstić information content (AvgIpc) is 2.82. The van der Waals surface area contributed by atoms with E-state index in [0.717, 1.165) is 22.5 Å². The standard InChI is InChI=1S/C16H21ClN2O3S/c1-5-6-7-22-15-8-11(2)14(17)10-16(15)23(20,21)19-13(4)9-12(3)18-19/h8-10H,5-7H2,1-4H3. The van der Waals surface area contributed by atoms with Gasteiger partial charge in [0, 0.05) is 5.02 Å². The quantitative estimate of drug-likeness (QED) is 0.737. The number of hydrogen-bond donors (Lipinski definition) is 0. The summed E-state index contributed by atoms with van der Waals surface area (Å²) in [7, 11) is -3.86. The van der Waals surface area contributed by atoms with Crippen LogP contribution in [0.5, 0.6) is 5.75 Å². The van der Waals surface area contributed by atoms with Crippen molar-refractivity contribution >= 4 is 21.6 Å². The number of aromatic nitrogens is 2. The molecule has 0 aliphatic rings. The van der Waals surface area contributed by atoms with E-state index in [4.69, 9.17) is 16.3 Å². The molecule has 0 bridgehead atoms. The number of benzene rings is 1. The lowest BCUT2D eigenvalue weighted by molar-refractivity contribution is 0.301. The summed E-state index contributed by atoms with van der Waals surface area (Å²) in [5, 5.41) is 4.46. The fourth-order valence-electron chi connectivity index (χ4n) is 2.22. The Hall–Kier alpha value is -1.53.